The first-order chi connectivity index (χ1) is 19.7. The molecule has 0 fully saturated rings. The first-order valence-electron chi connectivity index (χ1n) is 15.9. The van der Waals surface area contributed by atoms with Gasteiger partial charge < -0.3 is 4.74 Å². The van der Waals surface area contributed by atoms with E-state index >= 15 is 0 Å². The van der Waals surface area contributed by atoms with Gasteiger partial charge in [0.25, 0.3) is 0 Å². The fraction of sp³-hybridized carbons (Fsp3) is 0.528. The van der Waals surface area contributed by atoms with Gasteiger partial charge in [0.2, 0.25) is 0 Å². The third-order valence-corrected chi connectivity index (χ3v) is 7.63. The summed E-state index contributed by atoms with van der Waals surface area (Å²) < 4.78 is 5.52. The molecule has 0 radical (unpaired) electrons. The van der Waals surface area contributed by atoms with Crippen LogP contribution in [0.25, 0.3) is 11.3 Å². The van der Waals surface area contributed by atoms with Gasteiger partial charge in [0.15, 0.2) is 5.69 Å². The van der Waals surface area contributed by atoms with Crippen molar-refractivity contribution in [3.8, 4) is 17.0 Å². The van der Waals surface area contributed by atoms with Crippen molar-refractivity contribution in [1.82, 2.24) is 9.97 Å². The van der Waals surface area contributed by atoms with Gasteiger partial charge in [-0.05, 0) is 48.9 Å². The second-order valence-corrected chi connectivity index (χ2v) is 11.1. The Morgan fingerprint density at radius 3 is 1.52 bits per heavy atom. The van der Waals surface area contributed by atoms with Crippen LogP contribution >= 0.6 is 0 Å². The summed E-state index contributed by atoms with van der Waals surface area (Å²) in [6.07, 6.45) is 25.3. The van der Waals surface area contributed by atoms with Crippen LogP contribution in [-0.2, 0) is 12.8 Å². The number of hydrogen-bond acceptors (Lipinski definition) is 4. The van der Waals surface area contributed by atoms with Crippen LogP contribution < -0.4 is 4.74 Å². The van der Waals surface area contributed by atoms with E-state index in [9.17, 15) is 4.79 Å². The van der Waals surface area contributed by atoms with Crippen molar-refractivity contribution in [1.29, 1.82) is 0 Å². The lowest BCUT2D eigenvalue weighted by molar-refractivity contribution is 0.0728. The molecule has 216 valence electrons. The van der Waals surface area contributed by atoms with Crippen LogP contribution in [0.15, 0.2) is 60.9 Å². The van der Waals surface area contributed by atoms with Gasteiger partial charge in [0.05, 0.1) is 18.1 Å². The minimum absolute atomic E-state index is 0.210. The molecule has 1 aromatic heterocycles. The summed E-state index contributed by atoms with van der Waals surface area (Å²) in [4.78, 5) is 21.4. The highest BCUT2D eigenvalue weighted by Crippen LogP contribution is 2.20. The third kappa shape index (κ3) is 12.0. The molecule has 0 aliphatic rings. The number of nitrogens with zero attached hydrogens (tertiary/aromatic N) is 2. The highest BCUT2D eigenvalue weighted by atomic mass is 16.5. The van der Waals surface area contributed by atoms with Crippen LogP contribution in [-0.4, -0.2) is 15.9 Å². The molecule has 4 nitrogen and oxygen atoms in total. The van der Waals surface area contributed by atoms with Crippen LogP contribution in [0.4, 0.5) is 0 Å². The zero-order chi connectivity index (χ0) is 28.3. The van der Waals surface area contributed by atoms with Crippen LogP contribution in [0, 0.1) is 0 Å². The van der Waals surface area contributed by atoms with Crippen molar-refractivity contribution in [3.63, 3.8) is 0 Å². The van der Waals surface area contributed by atoms with Crippen molar-refractivity contribution in [2.24, 2.45) is 0 Å². The largest absolute Gasteiger partial charge is 0.422 e. The third-order valence-electron chi connectivity index (χ3n) is 7.63. The Hall–Kier alpha value is -3.01. The molecule has 0 aliphatic carbocycles. The standard InChI is InChI=1S/C36H50N2O2/c1-3-5-7-9-10-11-12-13-15-17-18-30-20-24-32(25-21-30)34-28-38-35(29-37-34)36(39)40-33-26-22-31(23-27-33)19-16-14-8-6-4-2/h20-29H,3-19H2,1-2H3. The molecule has 3 rings (SSSR count). The minimum Gasteiger partial charge on any atom is -0.422 e. The van der Waals surface area contributed by atoms with Crippen LogP contribution in [0.2, 0.25) is 0 Å². The molecule has 0 spiro atoms. The first-order valence-corrected chi connectivity index (χ1v) is 15.9. The van der Waals surface area contributed by atoms with Crippen LogP contribution in [0.3, 0.4) is 0 Å². The second-order valence-electron chi connectivity index (χ2n) is 11.1. The second kappa shape index (κ2) is 19.1. The van der Waals surface area contributed by atoms with Crippen molar-refractivity contribution in [2.75, 3.05) is 0 Å². The molecule has 40 heavy (non-hydrogen) atoms. The molecule has 1 heterocycles. The maximum Gasteiger partial charge on any atom is 0.363 e. The summed E-state index contributed by atoms with van der Waals surface area (Å²) >= 11 is 0. The normalized spacial score (nSPS) is 11.1. The summed E-state index contributed by atoms with van der Waals surface area (Å²) in [6.45, 7) is 4.51. The molecule has 0 amide bonds. The fourth-order valence-electron chi connectivity index (χ4n) is 5.06. The molecule has 0 N–H and O–H groups in total. The SMILES string of the molecule is CCCCCCCCCCCCc1ccc(-c2cnc(C(=O)Oc3ccc(CCCCCCC)cc3)cn2)cc1. The molecule has 0 saturated heterocycles. The molecular formula is C36H50N2O2. The average Bonchev–Trinajstić information content (AvgIpc) is 2.99. The smallest absolute Gasteiger partial charge is 0.363 e. The Balaban J connectivity index is 1.36. The van der Waals surface area contributed by atoms with Gasteiger partial charge in [-0.1, -0.05) is 134 Å². The summed E-state index contributed by atoms with van der Waals surface area (Å²) in [5, 5.41) is 0. The number of hydrogen-bond donors (Lipinski definition) is 0. The van der Waals surface area contributed by atoms with Gasteiger partial charge in [-0.25, -0.2) is 9.78 Å². The average molecular weight is 543 g/mol. The molecule has 0 bridgehead atoms. The van der Waals surface area contributed by atoms with Gasteiger partial charge in [-0.2, -0.15) is 0 Å². The lowest BCUT2D eigenvalue weighted by atomic mass is 10.0. The zero-order valence-electron chi connectivity index (χ0n) is 25.0. The maximum absolute atomic E-state index is 12.6. The van der Waals surface area contributed by atoms with Gasteiger partial charge in [0, 0.05) is 5.56 Å². The lowest BCUT2D eigenvalue weighted by Gasteiger charge is -2.07. The fourth-order valence-corrected chi connectivity index (χ4v) is 5.06. The quantitative estimate of drug-likeness (QED) is 0.0809. The number of benzene rings is 2. The molecule has 0 atom stereocenters. The van der Waals surface area contributed by atoms with Crippen molar-refractivity contribution >= 4 is 5.97 Å². The van der Waals surface area contributed by atoms with Gasteiger partial charge in [-0.15, -0.1) is 0 Å². The topological polar surface area (TPSA) is 52.1 Å². The van der Waals surface area contributed by atoms with E-state index in [0.29, 0.717) is 5.75 Å². The predicted molar refractivity (Wildman–Crippen MR) is 167 cm³/mol. The van der Waals surface area contributed by atoms with E-state index < -0.39 is 5.97 Å². The predicted octanol–water partition coefficient (Wildman–Crippen LogP) is 10.3. The molecular weight excluding hydrogens is 492 g/mol. The summed E-state index contributed by atoms with van der Waals surface area (Å²) in [6, 6.07) is 16.4. The van der Waals surface area contributed by atoms with Gasteiger partial charge >= 0.3 is 5.97 Å². The van der Waals surface area contributed by atoms with E-state index in [4.69, 9.17) is 4.74 Å². The molecule has 2 aromatic carbocycles. The van der Waals surface area contributed by atoms with Crippen molar-refractivity contribution < 1.29 is 9.53 Å². The maximum atomic E-state index is 12.6. The Kier molecular flexibility index (Phi) is 15.1. The summed E-state index contributed by atoms with van der Waals surface area (Å²) in [5.41, 5.74) is 4.60. The molecule has 3 aromatic rings. The monoisotopic (exact) mass is 542 g/mol. The lowest BCUT2D eigenvalue weighted by Crippen LogP contribution is -2.11. The number of carbonyl (C=O) groups excluding carboxylic acids is 1. The number of carbonyl (C=O) groups is 1. The highest BCUT2D eigenvalue weighted by molar-refractivity contribution is 5.88. The number of unbranched alkanes of at least 4 members (excludes halogenated alkanes) is 13. The Morgan fingerprint density at radius 1 is 0.575 bits per heavy atom. The Labute approximate surface area is 243 Å². The van der Waals surface area contributed by atoms with E-state index in [-0.39, 0.29) is 5.69 Å². The molecule has 4 heteroatoms. The van der Waals surface area contributed by atoms with E-state index in [1.165, 1.54) is 114 Å². The Bertz CT molecular complexity index is 1080. The number of aryl methyl sites for hydroxylation is 2. The number of rotatable bonds is 20. The van der Waals surface area contributed by atoms with E-state index in [2.05, 4.69) is 48.1 Å². The van der Waals surface area contributed by atoms with Crippen molar-refractivity contribution in [3.05, 3.63) is 77.7 Å². The minimum atomic E-state index is -0.488. The number of esters is 1. The molecule has 0 aliphatic heterocycles. The van der Waals surface area contributed by atoms with Crippen LogP contribution in [0.1, 0.15) is 132 Å². The highest BCUT2D eigenvalue weighted by Gasteiger charge is 2.12. The Morgan fingerprint density at radius 2 is 1.05 bits per heavy atom. The summed E-state index contributed by atoms with van der Waals surface area (Å²) in [5.74, 6) is 0.0433. The van der Waals surface area contributed by atoms with Gasteiger partial charge in [0.1, 0.15) is 5.75 Å². The summed E-state index contributed by atoms with van der Waals surface area (Å²) in [7, 11) is 0. The number of ether oxygens (including phenoxy) is 1. The van der Waals surface area contributed by atoms with E-state index in [1.807, 2.05) is 24.3 Å². The zero-order valence-corrected chi connectivity index (χ0v) is 25.0. The van der Waals surface area contributed by atoms with Gasteiger partial charge in [-0.3, -0.25) is 4.98 Å². The molecule has 0 saturated carbocycles. The van der Waals surface area contributed by atoms with Crippen molar-refractivity contribution in [2.45, 2.75) is 123 Å². The number of aromatic nitrogens is 2. The molecule has 0 unspecified atom stereocenters. The first kappa shape index (κ1) is 31.5. The van der Waals surface area contributed by atoms with E-state index in [0.717, 1.165) is 24.1 Å². The van der Waals surface area contributed by atoms with E-state index in [1.54, 1.807) is 6.20 Å². The van der Waals surface area contributed by atoms with Crippen LogP contribution in [0.5, 0.6) is 5.75 Å².